The zero-order valence-electron chi connectivity index (χ0n) is 14.0. The first-order valence-electron chi connectivity index (χ1n) is 7.99. The fourth-order valence-electron chi connectivity index (χ4n) is 2.37. The summed E-state index contributed by atoms with van der Waals surface area (Å²) in [5.74, 6) is -0.797. The maximum Gasteiger partial charge on any atom is 0.328 e. The standard InChI is InChI=1S/C19H21FN2O3/c1-25-18(23)17(13-15-5-3-2-4-6-15)22-19(24)21-12-11-14-7-9-16(20)10-8-14/h2-10,17H,11-13H2,1H3,(H2,21,22,24)/t17-/m0/s1. The molecule has 2 rings (SSSR count). The van der Waals surface area contributed by atoms with Crippen LogP contribution in [-0.4, -0.2) is 31.7 Å². The third-order valence-electron chi connectivity index (χ3n) is 3.69. The van der Waals surface area contributed by atoms with Crippen molar-refractivity contribution in [1.82, 2.24) is 10.6 Å². The molecule has 25 heavy (non-hydrogen) atoms. The Bertz CT molecular complexity index is 690. The molecule has 0 saturated heterocycles. The molecule has 0 unspecified atom stereocenters. The Hall–Kier alpha value is -2.89. The van der Waals surface area contributed by atoms with E-state index in [9.17, 15) is 14.0 Å². The van der Waals surface area contributed by atoms with Crippen molar-refractivity contribution >= 4 is 12.0 Å². The molecule has 0 bridgehead atoms. The van der Waals surface area contributed by atoms with E-state index in [2.05, 4.69) is 10.6 Å². The highest BCUT2D eigenvalue weighted by atomic mass is 19.1. The molecule has 2 aromatic carbocycles. The number of hydrogen-bond donors (Lipinski definition) is 2. The number of methoxy groups -OCH3 is 1. The molecule has 0 aromatic heterocycles. The molecule has 2 amide bonds. The van der Waals surface area contributed by atoms with Crippen molar-refractivity contribution in [3.63, 3.8) is 0 Å². The number of ether oxygens (including phenoxy) is 1. The molecule has 2 N–H and O–H groups in total. The van der Waals surface area contributed by atoms with Crippen molar-refractivity contribution in [2.45, 2.75) is 18.9 Å². The molecule has 0 saturated carbocycles. The number of carbonyl (C=O) groups is 2. The van der Waals surface area contributed by atoms with E-state index in [0.717, 1.165) is 11.1 Å². The lowest BCUT2D eigenvalue weighted by molar-refractivity contribution is -0.142. The number of amides is 2. The molecule has 0 aliphatic heterocycles. The van der Waals surface area contributed by atoms with Crippen molar-refractivity contribution in [3.8, 4) is 0 Å². The summed E-state index contributed by atoms with van der Waals surface area (Å²) in [6.07, 6.45) is 0.911. The minimum Gasteiger partial charge on any atom is -0.467 e. The lowest BCUT2D eigenvalue weighted by Gasteiger charge is -2.17. The summed E-state index contributed by atoms with van der Waals surface area (Å²) in [4.78, 5) is 23.9. The maximum absolute atomic E-state index is 12.8. The fraction of sp³-hybridized carbons (Fsp3) is 0.263. The Kier molecular flexibility index (Phi) is 6.95. The largest absolute Gasteiger partial charge is 0.467 e. The Balaban J connectivity index is 1.84. The second-order valence-corrected chi connectivity index (χ2v) is 5.54. The minimum atomic E-state index is -0.766. The summed E-state index contributed by atoms with van der Waals surface area (Å²) in [5, 5.41) is 5.32. The van der Waals surface area contributed by atoms with Crippen molar-refractivity contribution in [2.24, 2.45) is 0 Å². The highest BCUT2D eigenvalue weighted by Crippen LogP contribution is 2.05. The number of urea groups is 1. The van der Waals surface area contributed by atoms with E-state index < -0.39 is 18.0 Å². The molecule has 1 atom stereocenters. The first-order valence-corrected chi connectivity index (χ1v) is 7.99. The van der Waals surface area contributed by atoms with Gasteiger partial charge in [-0.25, -0.2) is 14.0 Å². The summed E-state index contributed by atoms with van der Waals surface area (Å²) >= 11 is 0. The Morgan fingerprint density at radius 2 is 1.72 bits per heavy atom. The summed E-state index contributed by atoms with van der Waals surface area (Å²) in [6, 6.07) is 14.2. The quantitative estimate of drug-likeness (QED) is 0.758. The van der Waals surface area contributed by atoms with Crippen LogP contribution in [-0.2, 0) is 22.4 Å². The van der Waals surface area contributed by atoms with Gasteiger partial charge in [0.25, 0.3) is 0 Å². The number of carbonyl (C=O) groups excluding carboxylic acids is 2. The van der Waals surface area contributed by atoms with Gasteiger partial charge in [-0.1, -0.05) is 42.5 Å². The van der Waals surface area contributed by atoms with Crippen LogP contribution in [0.25, 0.3) is 0 Å². The number of esters is 1. The second-order valence-electron chi connectivity index (χ2n) is 5.54. The molecule has 2 aromatic rings. The number of hydrogen-bond acceptors (Lipinski definition) is 3. The SMILES string of the molecule is COC(=O)[C@H](Cc1ccccc1)NC(=O)NCCc1ccc(F)cc1. The number of benzene rings is 2. The van der Waals surface area contributed by atoms with Crippen LogP contribution in [0.1, 0.15) is 11.1 Å². The Labute approximate surface area is 146 Å². The summed E-state index contributed by atoms with van der Waals surface area (Å²) in [5.41, 5.74) is 1.83. The van der Waals surface area contributed by atoms with Gasteiger partial charge >= 0.3 is 12.0 Å². The van der Waals surface area contributed by atoms with Crippen molar-refractivity contribution in [2.75, 3.05) is 13.7 Å². The van der Waals surface area contributed by atoms with Gasteiger partial charge in [-0.2, -0.15) is 0 Å². The van der Waals surface area contributed by atoms with Gasteiger partial charge in [0.1, 0.15) is 11.9 Å². The Morgan fingerprint density at radius 1 is 1.04 bits per heavy atom. The third-order valence-corrected chi connectivity index (χ3v) is 3.69. The van der Waals surface area contributed by atoms with E-state index in [-0.39, 0.29) is 5.82 Å². The molecule has 0 aliphatic rings. The smallest absolute Gasteiger partial charge is 0.328 e. The van der Waals surface area contributed by atoms with Crippen LogP contribution in [0.5, 0.6) is 0 Å². The van der Waals surface area contributed by atoms with Crippen molar-refractivity contribution < 1.29 is 18.7 Å². The topological polar surface area (TPSA) is 67.4 Å². The predicted molar refractivity (Wildman–Crippen MR) is 92.6 cm³/mol. The van der Waals surface area contributed by atoms with Gasteiger partial charge in [0.2, 0.25) is 0 Å². The lowest BCUT2D eigenvalue weighted by atomic mass is 10.1. The van der Waals surface area contributed by atoms with Crippen molar-refractivity contribution in [1.29, 1.82) is 0 Å². The average molecular weight is 344 g/mol. The van der Waals surface area contributed by atoms with Crippen molar-refractivity contribution in [3.05, 3.63) is 71.5 Å². The van der Waals surface area contributed by atoms with E-state index in [1.165, 1.54) is 19.2 Å². The van der Waals surface area contributed by atoms with Gasteiger partial charge in [-0.15, -0.1) is 0 Å². The molecule has 5 nitrogen and oxygen atoms in total. The lowest BCUT2D eigenvalue weighted by Crippen LogP contribution is -2.48. The molecule has 0 heterocycles. The molecule has 6 heteroatoms. The van der Waals surface area contributed by atoms with Gasteiger partial charge < -0.3 is 15.4 Å². The highest BCUT2D eigenvalue weighted by molar-refractivity contribution is 5.83. The summed E-state index contributed by atoms with van der Waals surface area (Å²) < 4.78 is 17.6. The van der Waals surface area contributed by atoms with Crippen LogP contribution in [0.4, 0.5) is 9.18 Å². The van der Waals surface area contributed by atoms with Gasteiger partial charge in [0, 0.05) is 13.0 Å². The molecule has 0 spiro atoms. The zero-order valence-corrected chi connectivity index (χ0v) is 14.0. The van der Waals surface area contributed by atoms with Crippen LogP contribution < -0.4 is 10.6 Å². The molecular weight excluding hydrogens is 323 g/mol. The molecule has 0 fully saturated rings. The summed E-state index contributed by atoms with van der Waals surface area (Å²) in [6.45, 7) is 0.372. The number of nitrogens with one attached hydrogen (secondary N) is 2. The third kappa shape index (κ3) is 6.25. The van der Waals surface area contributed by atoms with Crippen LogP contribution in [0.2, 0.25) is 0 Å². The van der Waals surface area contributed by atoms with E-state index in [1.807, 2.05) is 30.3 Å². The number of rotatable bonds is 7. The number of halogens is 1. The van der Waals surface area contributed by atoms with Gasteiger partial charge in [0.15, 0.2) is 0 Å². The average Bonchev–Trinajstić information content (AvgIpc) is 2.63. The van der Waals surface area contributed by atoms with E-state index in [4.69, 9.17) is 4.74 Å². The van der Waals surface area contributed by atoms with Gasteiger partial charge in [-0.05, 0) is 29.7 Å². The predicted octanol–water partition coefficient (Wildman–Crippen LogP) is 2.45. The minimum absolute atomic E-state index is 0.295. The molecular formula is C19H21FN2O3. The van der Waals surface area contributed by atoms with Gasteiger partial charge in [-0.3, -0.25) is 0 Å². The monoisotopic (exact) mass is 344 g/mol. The fourth-order valence-corrected chi connectivity index (χ4v) is 2.37. The van der Waals surface area contributed by atoms with E-state index in [0.29, 0.717) is 19.4 Å². The molecule has 0 radical (unpaired) electrons. The van der Waals surface area contributed by atoms with Crippen LogP contribution in [0.3, 0.4) is 0 Å². The first kappa shape index (κ1) is 18.4. The van der Waals surface area contributed by atoms with Crippen LogP contribution in [0, 0.1) is 5.82 Å². The van der Waals surface area contributed by atoms with Gasteiger partial charge in [0.05, 0.1) is 7.11 Å². The van der Waals surface area contributed by atoms with E-state index >= 15 is 0 Å². The molecule has 132 valence electrons. The molecule has 0 aliphatic carbocycles. The normalized spacial score (nSPS) is 11.4. The maximum atomic E-state index is 12.8. The van der Waals surface area contributed by atoms with Crippen LogP contribution >= 0.6 is 0 Å². The van der Waals surface area contributed by atoms with Crippen LogP contribution in [0.15, 0.2) is 54.6 Å². The zero-order chi connectivity index (χ0) is 18.1. The Morgan fingerprint density at radius 3 is 2.36 bits per heavy atom. The second kappa shape index (κ2) is 9.42. The first-order chi connectivity index (χ1) is 12.1. The highest BCUT2D eigenvalue weighted by Gasteiger charge is 2.21. The summed E-state index contributed by atoms with van der Waals surface area (Å²) in [7, 11) is 1.29. The van der Waals surface area contributed by atoms with E-state index in [1.54, 1.807) is 12.1 Å².